The molecule has 6 heteroatoms. The van der Waals surface area contributed by atoms with Crippen LogP contribution in [0.1, 0.15) is 17.5 Å². The lowest BCUT2D eigenvalue weighted by atomic mass is 10.1. The second-order valence-corrected chi connectivity index (χ2v) is 6.12. The smallest absolute Gasteiger partial charge is 0.226 e. The summed E-state index contributed by atoms with van der Waals surface area (Å²) >= 11 is 6.06. The fourth-order valence-corrected chi connectivity index (χ4v) is 2.57. The second kappa shape index (κ2) is 8.62. The number of hydrogen-bond acceptors (Lipinski definition) is 4. The third-order valence-electron chi connectivity index (χ3n) is 3.94. The number of aryl methyl sites for hydroxylation is 2. The van der Waals surface area contributed by atoms with Crippen LogP contribution in [0.15, 0.2) is 30.3 Å². The summed E-state index contributed by atoms with van der Waals surface area (Å²) in [5.41, 5.74) is 3.99. The first-order valence-corrected chi connectivity index (χ1v) is 8.35. The van der Waals surface area contributed by atoms with E-state index < -0.39 is 0 Å². The molecule has 2 aromatic rings. The number of carbonyl (C=O) groups excluding carboxylic acids is 1. The Morgan fingerprint density at radius 3 is 2.40 bits per heavy atom. The summed E-state index contributed by atoms with van der Waals surface area (Å²) in [7, 11) is 3.04. The first kappa shape index (κ1) is 18.9. The fourth-order valence-electron chi connectivity index (χ4n) is 2.34. The van der Waals surface area contributed by atoms with Crippen molar-refractivity contribution in [2.24, 2.45) is 0 Å². The van der Waals surface area contributed by atoms with Crippen molar-refractivity contribution in [2.45, 2.75) is 20.3 Å². The monoisotopic (exact) mass is 362 g/mol. The molecule has 0 aromatic heterocycles. The standard InChI is InChI=1S/C19H23ClN2O3/c1-12-5-6-14(9-13(12)2)21-8-7-19(23)22-16-11-17(24-3)15(20)10-18(16)25-4/h5-6,9-11,21H,7-8H2,1-4H3,(H,22,23). The van der Waals surface area contributed by atoms with Crippen LogP contribution in [0, 0.1) is 13.8 Å². The largest absolute Gasteiger partial charge is 0.495 e. The molecule has 0 bridgehead atoms. The summed E-state index contributed by atoms with van der Waals surface area (Å²) in [6.07, 6.45) is 0.320. The predicted molar refractivity (Wildman–Crippen MR) is 102 cm³/mol. The van der Waals surface area contributed by atoms with Gasteiger partial charge in [-0.25, -0.2) is 0 Å². The number of hydrogen-bond donors (Lipinski definition) is 2. The maximum absolute atomic E-state index is 12.2. The van der Waals surface area contributed by atoms with Gasteiger partial charge in [0.2, 0.25) is 5.91 Å². The van der Waals surface area contributed by atoms with Crippen molar-refractivity contribution in [3.63, 3.8) is 0 Å². The SMILES string of the molecule is COc1cc(NC(=O)CCNc2ccc(C)c(C)c2)c(OC)cc1Cl. The first-order chi connectivity index (χ1) is 11.9. The molecule has 0 heterocycles. The van der Waals surface area contributed by atoms with Gasteiger partial charge in [0.15, 0.2) is 0 Å². The Morgan fingerprint density at radius 1 is 1.04 bits per heavy atom. The van der Waals surface area contributed by atoms with Crippen LogP contribution in [0.2, 0.25) is 5.02 Å². The number of halogens is 1. The van der Waals surface area contributed by atoms with Crippen molar-refractivity contribution in [1.29, 1.82) is 0 Å². The number of rotatable bonds is 7. The molecule has 0 unspecified atom stereocenters. The molecule has 0 atom stereocenters. The van der Waals surface area contributed by atoms with Crippen LogP contribution in [0.25, 0.3) is 0 Å². The molecule has 25 heavy (non-hydrogen) atoms. The van der Waals surface area contributed by atoms with Crippen LogP contribution in [0.4, 0.5) is 11.4 Å². The normalized spacial score (nSPS) is 10.3. The van der Waals surface area contributed by atoms with E-state index in [9.17, 15) is 4.79 Å². The number of benzene rings is 2. The maximum Gasteiger partial charge on any atom is 0.226 e. The van der Waals surface area contributed by atoms with Crippen molar-refractivity contribution < 1.29 is 14.3 Å². The molecule has 0 spiro atoms. The maximum atomic E-state index is 12.2. The average Bonchev–Trinajstić information content (AvgIpc) is 2.59. The molecular formula is C19H23ClN2O3. The van der Waals surface area contributed by atoms with Crippen molar-refractivity contribution in [3.05, 3.63) is 46.5 Å². The zero-order valence-electron chi connectivity index (χ0n) is 14.9. The Balaban J connectivity index is 1.94. The minimum atomic E-state index is -0.126. The van der Waals surface area contributed by atoms with Gasteiger partial charge in [-0.1, -0.05) is 17.7 Å². The van der Waals surface area contributed by atoms with Gasteiger partial charge in [-0.3, -0.25) is 4.79 Å². The molecule has 0 radical (unpaired) electrons. The van der Waals surface area contributed by atoms with E-state index in [1.807, 2.05) is 6.07 Å². The lowest BCUT2D eigenvalue weighted by molar-refractivity contribution is -0.116. The molecule has 0 aliphatic carbocycles. The summed E-state index contributed by atoms with van der Waals surface area (Å²) in [6, 6.07) is 9.40. The third-order valence-corrected chi connectivity index (χ3v) is 4.23. The molecule has 2 aromatic carbocycles. The van der Waals surface area contributed by atoms with E-state index in [-0.39, 0.29) is 5.91 Å². The van der Waals surface area contributed by atoms with Crippen LogP contribution in [-0.2, 0) is 4.79 Å². The Kier molecular flexibility index (Phi) is 6.53. The molecule has 0 aliphatic heterocycles. The number of anilines is 2. The molecular weight excluding hydrogens is 340 g/mol. The number of methoxy groups -OCH3 is 2. The van der Waals surface area contributed by atoms with Crippen LogP contribution < -0.4 is 20.1 Å². The molecule has 0 fully saturated rings. The van der Waals surface area contributed by atoms with Gasteiger partial charge in [0.05, 0.1) is 24.9 Å². The molecule has 0 saturated heterocycles. The molecule has 0 saturated carbocycles. The van der Waals surface area contributed by atoms with Gasteiger partial charge in [-0.2, -0.15) is 0 Å². The van der Waals surface area contributed by atoms with Crippen LogP contribution >= 0.6 is 11.6 Å². The summed E-state index contributed by atoms with van der Waals surface area (Å²) in [5.74, 6) is 0.839. The van der Waals surface area contributed by atoms with E-state index in [0.29, 0.717) is 35.2 Å². The van der Waals surface area contributed by atoms with E-state index in [0.717, 1.165) is 5.69 Å². The minimum absolute atomic E-state index is 0.126. The zero-order chi connectivity index (χ0) is 18.4. The van der Waals surface area contributed by atoms with E-state index in [1.165, 1.54) is 25.3 Å². The summed E-state index contributed by atoms with van der Waals surface area (Å²) in [6.45, 7) is 4.66. The minimum Gasteiger partial charge on any atom is -0.495 e. The highest BCUT2D eigenvalue weighted by Crippen LogP contribution is 2.35. The predicted octanol–water partition coefficient (Wildman–Crippen LogP) is 4.41. The van der Waals surface area contributed by atoms with Crippen molar-refractivity contribution >= 4 is 28.9 Å². The second-order valence-electron chi connectivity index (χ2n) is 5.71. The van der Waals surface area contributed by atoms with Crippen molar-refractivity contribution in [3.8, 4) is 11.5 Å². The van der Waals surface area contributed by atoms with Crippen LogP contribution in [0.3, 0.4) is 0 Å². The van der Waals surface area contributed by atoms with E-state index in [4.69, 9.17) is 21.1 Å². The van der Waals surface area contributed by atoms with E-state index >= 15 is 0 Å². The Bertz CT molecular complexity index is 763. The Morgan fingerprint density at radius 2 is 1.76 bits per heavy atom. The van der Waals surface area contributed by atoms with Crippen LogP contribution in [0.5, 0.6) is 11.5 Å². The lowest BCUT2D eigenvalue weighted by Crippen LogP contribution is -2.16. The lowest BCUT2D eigenvalue weighted by Gasteiger charge is -2.13. The molecule has 0 aliphatic rings. The van der Waals surface area contributed by atoms with Crippen molar-refractivity contribution in [1.82, 2.24) is 0 Å². The molecule has 134 valence electrons. The summed E-state index contributed by atoms with van der Waals surface area (Å²) in [5, 5.41) is 6.50. The van der Waals surface area contributed by atoms with E-state index in [1.54, 1.807) is 12.1 Å². The van der Waals surface area contributed by atoms with Crippen LogP contribution in [-0.4, -0.2) is 26.7 Å². The Hall–Kier alpha value is -2.40. The summed E-state index contributed by atoms with van der Waals surface area (Å²) in [4.78, 5) is 12.2. The molecule has 2 N–H and O–H groups in total. The third kappa shape index (κ3) is 5.03. The molecule has 5 nitrogen and oxygen atoms in total. The average molecular weight is 363 g/mol. The highest BCUT2D eigenvalue weighted by molar-refractivity contribution is 6.32. The van der Waals surface area contributed by atoms with E-state index in [2.05, 4.69) is 36.6 Å². The number of carbonyl (C=O) groups is 1. The van der Waals surface area contributed by atoms with Crippen molar-refractivity contribution in [2.75, 3.05) is 31.4 Å². The number of nitrogens with one attached hydrogen (secondary N) is 2. The van der Waals surface area contributed by atoms with Gasteiger partial charge < -0.3 is 20.1 Å². The number of amides is 1. The van der Waals surface area contributed by atoms with Gasteiger partial charge in [-0.15, -0.1) is 0 Å². The van der Waals surface area contributed by atoms with Gasteiger partial charge in [0.1, 0.15) is 11.5 Å². The summed E-state index contributed by atoms with van der Waals surface area (Å²) < 4.78 is 10.4. The molecule has 1 amide bonds. The van der Waals surface area contributed by atoms with Gasteiger partial charge >= 0.3 is 0 Å². The highest BCUT2D eigenvalue weighted by Gasteiger charge is 2.12. The quantitative estimate of drug-likeness (QED) is 0.765. The Labute approximate surface area is 153 Å². The first-order valence-electron chi connectivity index (χ1n) is 7.97. The van der Waals surface area contributed by atoms with Gasteiger partial charge in [0, 0.05) is 30.8 Å². The number of ether oxygens (including phenoxy) is 2. The highest BCUT2D eigenvalue weighted by atomic mass is 35.5. The van der Waals surface area contributed by atoms with Gasteiger partial charge in [0.25, 0.3) is 0 Å². The van der Waals surface area contributed by atoms with Gasteiger partial charge in [-0.05, 0) is 37.1 Å². The fraction of sp³-hybridized carbons (Fsp3) is 0.316. The topological polar surface area (TPSA) is 59.6 Å². The molecule has 2 rings (SSSR count). The zero-order valence-corrected chi connectivity index (χ0v) is 15.7.